The Morgan fingerprint density at radius 1 is 1.06 bits per heavy atom. The molecule has 31 heavy (non-hydrogen) atoms. The lowest BCUT2D eigenvalue weighted by Crippen LogP contribution is -2.48. The van der Waals surface area contributed by atoms with E-state index in [0.717, 1.165) is 28.3 Å². The summed E-state index contributed by atoms with van der Waals surface area (Å²) >= 11 is 0. The minimum absolute atomic E-state index is 0.00281. The van der Waals surface area contributed by atoms with Crippen LogP contribution >= 0.6 is 0 Å². The number of aryl methyl sites for hydroxylation is 2. The van der Waals surface area contributed by atoms with Gasteiger partial charge in [-0.3, -0.25) is 4.79 Å². The molecule has 0 unspecified atom stereocenters. The molecule has 6 nitrogen and oxygen atoms in total. The van der Waals surface area contributed by atoms with E-state index in [1.54, 1.807) is 11.8 Å². The molecular formula is C25H29N3O3. The Kier molecular flexibility index (Phi) is 5.83. The zero-order valence-electron chi connectivity index (χ0n) is 18.8. The number of rotatable bonds is 4. The van der Waals surface area contributed by atoms with Crippen molar-refractivity contribution in [2.45, 2.75) is 39.9 Å². The molecule has 0 saturated carbocycles. The zero-order valence-corrected chi connectivity index (χ0v) is 18.8. The molecule has 0 radical (unpaired) electrons. The highest BCUT2D eigenvalue weighted by molar-refractivity contribution is 5.94. The van der Waals surface area contributed by atoms with Gasteiger partial charge in [-0.25, -0.2) is 4.68 Å². The van der Waals surface area contributed by atoms with Gasteiger partial charge in [0.2, 0.25) is 0 Å². The highest BCUT2D eigenvalue weighted by atomic mass is 16.5. The first-order valence-corrected chi connectivity index (χ1v) is 10.6. The van der Waals surface area contributed by atoms with Crippen molar-refractivity contribution in [1.29, 1.82) is 0 Å². The van der Waals surface area contributed by atoms with E-state index in [1.807, 2.05) is 68.1 Å². The maximum absolute atomic E-state index is 13.6. The van der Waals surface area contributed by atoms with E-state index in [4.69, 9.17) is 14.6 Å². The number of hydrogen-bond acceptors (Lipinski definition) is 4. The fourth-order valence-corrected chi connectivity index (χ4v) is 4.19. The summed E-state index contributed by atoms with van der Waals surface area (Å²) in [5.74, 6) is 0.714. The van der Waals surface area contributed by atoms with Crippen LogP contribution in [0.3, 0.4) is 0 Å². The molecule has 0 aliphatic carbocycles. The van der Waals surface area contributed by atoms with Crippen LogP contribution in [-0.4, -0.2) is 53.0 Å². The van der Waals surface area contributed by atoms with Gasteiger partial charge >= 0.3 is 0 Å². The molecule has 2 heterocycles. The van der Waals surface area contributed by atoms with Crippen LogP contribution in [0.25, 0.3) is 16.9 Å². The van der Waals surface area contributed by atoms with Crippen LogP contribution in [0.1, 0.15) is 35.5 Å². The second kappa shape index (κ2) is 8.55. The third kappa shape index (κ3) is 4.35. The number of nitrogens with zero attached hydrogens (tertiary/aromatic N) is 3. The molecule has 4 rings (SSSR count). The third-order valence-electron chi connectivity index (χ3n) is 5.58. The van der Waals surface area contributed by atoms with Crippen LogP contribution in [0.5, 0.6) is 5.75 Å². The van der Waals surface area contributed by atoms with Gasteiger partial charge in [0.25, 0.3) is 5.91 Å². The number of carbonyl (C=O) groups excluding carboxylic acids is 1. The average molecular weight is 420 g/mol. The first-order valence-electron chi connectivity index (χ1n) is 10.6. The fraction of sp³-hybridized carbons (Fsp3) is 0.360. The van der Waals surface area contributed by atoms with Crippen molar-refractivity contribution in [1.82, 2.24) is 14.7 Å². The summed E-state index contributed by atoms with van der Waals surface area (Å²) in [5, 5.41) is 4.85. The number of amides is 1. The summed E-state index contributed by atoms with van der Waals surface area (Å²) in [4.78, 5) is 15.5. The predicted octanol–water partition coefficient (Wildman–Crippen LogP) is 4.41. The van der Waals surface area contributed by atoms with Crippen LogP contribution in [-0.2, 0) is 4.74 Å². The molecule has 1 saturated heterocycles. The Hall–Kier alpha value is -3.12. The van der Waals surface area contributed by atoms with Crippen molar-refractivity contribution in [3.8, 4) is 22.7 Å². The maximum atomic E-state index is 13.6. The monoisotopic (exact) mass is 419 g/mol. The van der Waals surface area contributed by atoms with E-state index < -0.39 is 0 Å². The number of ether oxygens (including phenoxy) is 2. The van der Waals surface area contributed by atoms with E-state index >= 15 is 0 Å². The molecule has 1 fully saturated rings. The number of morpholine rings is 1. The molecule has 6 heteroatoms. The second-order valence-electron chi connectivity index (χ2n) is 8.32. The fourth-order valence-electron chi connectivity index (χ4n) is 4.19. The van der Waals surface area contributed by atoms with Crippen molar-refractivity contribution < 1.29 is 14.3 Å². The smallest absolute Gasteiger partial charge is 0.272 e. The number of carbonyl (C=O) groups is 1. The molecule has 3 aromatic rings. The number of benzene rings is 2. The van der Waals surface area contributed by atoms with Crippen molar-refractivity contribution in [2.24, 2.45) is 0 Å². The minimum atomic E-state index is -0.0383. The lowest BCUT2D eigenvalue weighted by Gasteiger charge is -2.35. The van der Waals surface area contributed by atoms with Crippen molar-refractivity contribution in [3.05, 3.63) is 65.4 Å². The maximum Gasteiger partial charge on any atom is 0.272 e. The molecule has 1 aliphatic rings. The summed E-state index contributed by atoms with van der Waals surface area (Å²) < 4.78 is 13.0. The van der Waals surface area contributed by atoms with E-state index in [1.165, 1.54) is 5.56 Å². The lowest BCUT2D eigenvalue weighted by atomic mass is 10.1. The summed E-state index contributed by atoms with van der Waals surface area (Å²) in [7, 11) is 1.64. The Bertz CT molecular complexity index is 1100. The van der Waals surface area contributed by atoms with Crippen LogP contribution < -0.4 is 4.74 Å². The molecule has 2 atom stereocenters. The van der Waals surface area contributed by atoms with Gasteiger partial charge in [-0.2, -0.15) is 5.10 Å². The Balaban J connectivity index is 1.82. The van der Waals surface area contributed by atoms with Crippen LogP contribution in [0, 0.1) is 13.8 Å². The molecule has 1 amide bonds. The standard InChI is InChI=1S/C25H29N3O3/c1-16-9-10-23(17(2)11-16)28-24(25(29)27-14-18(3)31-19(4)15-27)13-22(26-28)20-7-6-8-21(12-20)30-5/h6-13,18-19H,14-15H2,1-5H3/t18-,19+. The van der Waals surface area contributed by atoms with Gasteiger partial charge in [-0.15, -0.1) is 0 Å². The summed E-state index contributed by atoms with van der Waals surface area (Å²) in [6.45, 7) is 9.23. The Morgan fingerprint density at radius 2 is 1.81 bits per heavy atom. The highest BCUT2D eigenvalue weighted by Crippen LogP contribution is 2.27. The van der Waals surface area contributed by atoms with Crippen molar-refractivity contribution >= 4 is 5.91 Å². The first-order chi connectivity index (χ1) is 14.9. The van der Waals surface area contributed by atoms with Gasteiger partial charge in [0.05, 0.1) is 30.7 Å². The van der Waals surface area contributed by atoms with Crippen LogP contribution in [0.15, 0.2) is 48.5 Å². The summed E-state index contributed by atoms with van der Waals surface area (Å²) in [5.41, 5.74) is 5.32. The summed E-state index contributed by atoms with van der Waals surface area (Å²) in [6.07, 6.45) is 0.00562. The normalized spacial score (nSPS) is 18.8. The Morgan fingerprint density at radius 3 is 2.48 bits per heavy atom. The SMILES string of the molecule is COc1cccc(-c2cc(C(=O)N3C[C@@H](C)O[C@@H](C)C3)n(-c3ccc(C)cc3C)n2)c1. The molecule has 0 N–H and O–H groups in total. The minimum Gasteiger partial charge on any atom is -0.497 e. The Labute approximate surface area is 183 Å². The number of methoxy groups -OCH3 is 1. The van der Waals surface area contributed by atoms with Gasteiger partial charge in [0.1, 0.15) is 11.4 Å². The van der Waals surface area contributed by atoms with E-state index in [0.29, 0.717) is 18.8 Å². The predicted molar refractivity (Wildman–Crippen MR) is 121 cm³/mol. The summed E-state index contributed by atoms with van der Waals surface area (Å²) in [6, 6.07) is 15.8. The van der Waals surface area contributed by atoms with Gasteiger partial charge in [-0.05, 0) is 57.5 Å². The first kappa shape index (κ1) is 21.1. The third-order valence-corrected chi connectivity index (χ3v) is 5.58. The molecule has 162 valence electrons. The molecule has 0 spiro atoms. The van der Waals surface area contributed by atoms with E-state index in [-0.39, 0.29) is 18.1 Å². The number of hydrogen-bond donors (Lipinski definition) is 0. The molecule has 1 aromatic heterocycles. The van der Waals surface area contributed by atoms with Gasteiger partial charge in [0, 0.05) is 18.7 Å². The van der Waals surface area contributed by atoms with Crippen LogP contribution in [0.2, 0.25) is 0 Å². The number of aromatic nitrogens is 2. The second-order valence-corrected chi connectivity index (χ2v) is 8.32. The average Bonchev–Trinajstić information content (AvgIpc) is 3.17. The van der Waals surface area contributed by atoms with Gasteiger partial charge < -0.3 is 14.4 Å². The topological polar surface area (TPSA) is 56.6 Å². The van der Waals surface area contributed by atoms with Gasteiger partial charge in [-0.1, -0.05) is 29.8 Å². The molecule has 1 aliphatic heterocycles. The zero-order chi connectivity index (χ0) is 22.1. The molecule has 0 bridgehead atoms. The highest BCUT2D eigenvalue weighted by Gasteiger charge is 2.29. The van der Waals surface area contributed by atoms with E-state index in [2.05, 4.69) is 13.0 Å². The van der Waals surface area contributed by atoms with Crippen molar-refractivity contribution in [2.75, 3.05) is 20.2 Å². The lowest BCUT2D eigenvalue weighted by molar-refractivity contribution is -0.0588. The quantitative estimate of drug-likeness (QED) is 0.628. The van der Waals surface area contributed by atoms with Crippen molar-refractivity contribution in [3.63, 3.8) is 0 Å². The van der Waals surface area contributed by atoms with E-state index in [9.17, 15) is 4.79 Å². The largest absolute Gasteiger partial charge is 0.497 e. The molecular weight excluding hydrogens is 390 g/mol. The van der Waals surface area contributed by atoms with Crippen LogP contribution in [0.4, 0.5) is 0 Å². The molecule has 2 aromatic carbocycles. The van der Waals surface area contributed by atoms with Gasteiger partial charge in [0.15, 0.2) is 0 Å².